The Hall–Kier alpha value is -1.77. The lowest BCUT2D eigenvalue weighted by molar-refractivity contribution is -0.0822. The summed E-state index contributed by atoms with van der Waals surface area (Å²) >= 11 is 0. The number of piperidine rings is 2. The summed E-state index contributed by atoms with van der Waals surface area (Å²) in [6.07, 6.45) is 4.44. The molecule has 0 aromatic heterocycles. The number of ether oxygens (including phenoxy) is 1. The number of fused-ring (bicyclic) bond motifs is 2. The van der Waals surface area contributed by atoms with Gasteiger partial charge >= 0.3 is 6.09 Å². The van der Waals surface area contributed by atoms with E-state index < -0.39 is 13.7 Å². The van der Waals surface area contributed by atoms with E-state index in [0.717, 1.165) is 24.8 Å². The van der Waals surface area contributed by atoms with Crippen LogP contribution in [0.1, 0.15) is 44.1 Å². The zero-order chi connectivity index (χ0) is 19.5. The highest BCUT2D eigenvalue weighted by atomic mass is 28.3. The summed E-state index contributed by atoms with van der Waals surface area (Å²) in [6.45, 7) is 6.93. The van der Waals surface area contributed by atoms with Gasteiger partial charge < -0.3 is 14.7 Å². The quantitative estimate of drug-likeness (QED) is 0.622. The molecule has 4 nitrogen and oxygen atoms in total. The molecule has 2 heterocycles. The van der Waals surface area contributed by atoms with Crippen molar-refractivity contribution in [2.75, 3.05) is 0 Å². The van der Waals surface area contributed by atoms with Gasteiger partial charge in [-0.3, -0.25) is 0 Å². The second-order valence-electron chi connectivity index (χ2n) is 9.05. The van der Waals surface area contributed by atoms with Crippen LogP contribution in [-0.4, -0.2) is 41.9 Å². The first-order chi connectivity index (χ1) is 12.8. The third-order valence-corrected chi connectivity index (χ3v) is 6.32. The summed E-state index contributed by atoms with van der Waals surface area (Å²) in [7, 11) is -1.43. The molecular weight excluding hydrogens is 354 g/mol. The predicted octanol–water partition coefficient (Wildman–Crippen LogP) is 4.34. The van der Waals surface area contributed by atoms with Crippen LogP contribution in [0.15, 0.2) is 30.3 Å². The summed E-state index contributed by atoms with van der Waals surface area (Å²) in [5.74, 6) is 3.24. The van der Waals surface area contributed by atoms with E-state index in [1.54, 1.807) is 0 Å². The van der Waals surface area contributed by atoms with Crippen molar-refractivity contribution in [2.24, 2.45) is 0 Å². The van der Waals surface area contributed by atoms with E-state index in [0.29, 0.717) is 25.9 Å². The molecule has 0 radical (unpaired) electrons. The standard InChI is InChI=1S/C22H31NO3Si/c1-27(2,3)14-8-13-22(25)15-19-11-7-12-20(16-22)23(19)21(24)26-17-18-9-5-4-6-10-18/h4-6,9-10,19-20,25H,7,11-13,15-17H2,1-3H3. The third kappa shape index (κ3) is 5.37. The number of benzene rings is 1. The average Bonchev–Trinajstić information content (AvgIpc) is 2.58. The van der Waals surface area contributed by atoms with Gasteiger partial charge in [0.2, 0.25) is 0 Å². The van der Waals surface area contributed by atoms with E-state index in [9.17, 15) is 9.90 Å². The van der Waals surface area contributed by atoms with E-state index in [-0.39, 0.29) is 18.2 Å². The van der Waals surface area contributed by atoms with Crippen LogP contribution in [0.5, 0.6) is 0 Å². The maximum Gasteiger partial charge on any atom is 0.410 e. The van der Waals surface area contributed by atoms with E-state index in [1.165, 1.54) is 0 Å². The second kappa shape index (κ2) is 8.08. The first kappa shape index (κ1) is 20.0. The Bertz CT molecular complexity index is 703. The van der Waals surface area contributed by atoms with Gasteiger partial charge in [0.1, 0.15) is 14.7 Å². The minimum absolute atomic E-state index is 0.0551. The topological polar surface area (TPSA) is 49.8 Å². The first-order valence-corrected chi connectivity index (χ1v) is 13.5. The lowest BCUT2D eigenvalue weighted by atomic mass is 9.74. The summed E-state index contributed by atoms with van der Waals surface area (Å²) in [5.41, 5.74) is 3.57. The summed E-state index contributed by atoms with van der Waals surface area (Å²) in [4.78, 5) is 14.6. The molecule has 1 aromatic carbocycles. The highest BCUT2D eigenvalue weighted by molar-refractivity contribution is 6.83. The molecule has 3 rings (SSSR count). The van der Waals surface area contributed by atoms with Crippen molar-refractivity contribution in [3.8, 4) is 11.5 Å². The second-order valence-corrected chi connectivity index (χ2v) is 13.8. The molecule has 5 heteroatoms. The van der Waals surface area contributed by atoms with Crippen molar-refractivity contribution in [3.63, 3.8) is 0 Å². The number of hydrogen-bond donors (Lipinski definition) is 1. The summed E-state index contributed by atoms with van der Waals surface area (Å²) in [6, 6.07) is 9.87. The Morgan fingerprint density at radius 2 is 1.85 bits per heavy atom. The van der Waals surface area contributed by atoms with Gasteiger partial charge in [-0.1, -0.05) is 50.0 Å². The highest BCUT2D eigenvalue weighted by Gasteiger charge is 2.47. The number of carbonyl (C=O) groups excluding carboxylic acids is 1. The van der Waals surface area contributed by atoms with E-state index in [4.69, 9.17) is 4.74 Å². The lowest BCUT2D eigenvalue weighted by Gasteiger charge is -2.51. The molecule has 0 spiro atoms. The Morgan fingerprint density at radius 1 is 1.22 bits per heavy atom. The molecule has 2 unspecified atom stereocenters. The smallest absolute Gasteiger partial charge is 0.410 e. The molecule has 146 valence electrons. The van der Waals surface area contributed by atoms with Gasteiger partial charge in [0.05, 0.1) is 5.60 Å². The minimum Gasteiger partial charge on any atom is -0.445 e. The Labute approximate surface area is 163 Å². The number of aliphatic hydroxyl groups is 1. The largest absolute Gasteiger partial charge is 0.445 e. The Balaban J connectivity index is 1.63. The first-order valence-electron chi connectivity index (χ1n) is 9.97. The van der Waals surface area contributed by atoms with Gasteiger partial charge in [-0.2, -0.15) is 0 Å². The molecule has 2 bridgehead atoms. The third-order valence-electron chi connectivity index (χ3n) is 5.39. The van der Waals surface area contributed by atoms with Crippen molar-refractivity contribution in [3.05, 3.63) is 35.9 Å². The van der Waals surface area contributed by atoms with Crippen molar-refractivity contribution in [2.45, 2.75) is 82.5 Å². The fourth-order valence-electron chi connectivity index (χ4n) is 4.24. The number of nitrogens with zero attached hydrogens (tertiary/aromatic N) is 1. The Kier molecular flexibility index (Phi) is 5.98. The van der Waals surface area contributed by atoms with Gasteiger partial charge in [-0.15, -0.1) is 11.5 Å². The fraction of sp³-hybridized carbons (Fsp3) is 0.591. The minimum atomic E-state index is -1.43. The SMILES string of the molecule is C[Si](C)(C)C#CCC1(O)CC2CCCC(C1)N2C(=O)OCc1ccccc1. The molecule has 1 N–H and O–H groups in total. The van der Waals surface area contributed by atoms with Gasteiger partial charge in [0.25, 0.3) is 0 Å². The molecule has 1 amide bonds. The van der Waals surface area contributed by atoms with Crippen LogP contribution in [0.4, 0.5) is 4.79 Å². The molecule has 2 aliphatic rings. The zero-order valence-electron chi connectivity index (χ0n) is 16.7. The van der Waals surface area contributed by atoms with Crippen molar-refractivity contribution in [1.82, 2.24) is 4.90 Å². The average molecular weight is 386 g/mol. The molecule has 0 saturated carbocycles. The molecule has 2 atom stereocenters. The lowest BCUT2D eigenvalue weighted by Crippen LogP contribution is -2.59. The van der Waals surface area contributed by atoms with Crippen LogP contribution in [0, 0.1) is 11.5 Å². The summed E-state index contributed by atoms with van der Waals surface area (Å²) < 4.78 is 5.58. The van der Waals surface area contributed by atoms with Crippen LogP contribution < -0.4 is 0 Å². The molecule has 1 aromatic rings. The van der Waals surface area contributed by atoms with Crippen molar-refractivity contribution in [1.29, 1.82) is 0 Å². The molecule has 27 heavy (non-hydrogen) atoms. The van der Waals surface area contributed by atoms with Crippen molar-refractivity contribution < 1.29 is 14.6 Å². The fourth-order valence-corrected chi connectivity index (χ4v) is 4.86. The van der Waals surface area contributed by atoms with Gasteiger partial charge in [0, 0.05) is 18.5 Å². The van der Waals surface area contributed by atoms with Crippen molar-refractivity contribution >= 4 is 14.2 Å². The number of amides is 1. The van der Waals surface area contributed by atoms with Gasteiger partial charge in [-0.25, -0.2) is 4.79 Å². The van der Waals surface area contributed by atoms with Crippen LogP contribution >= 0.6 is 0 Å². The molecular formula is C22H31NO3Si. The summed E-state index contributed by atoms with van der Waals surface area (Å²) in [5, 5.41) is 11.1. The zero-order valence-corrected chi connectivity index (χ0v) is 17.7. The highest BCUT2D eigenvalue weighted by Crippen LogP contribution is 2.41. The molecule has 2 fully saturated rings. The molecule has 2 aliphatic heterocycles. The van der Waals surface area contributed by atoms with Crippen LogP contribution in [0.25, 0.3) is 0 Å². The maximum absolute atomic E-state index is 12.7. The normalized spacial score (nSPS) is 27.5. The maximum atomic E-state index is 12.7. The van der Waals surface area contributed by atoms with Crippen LogP contribution in [0.2, 0.25) is 19.6 Å². The molecule has 0 aliphatic carbocycles. The van der Waals surface area contributed by atoms with E-state index in [1.807, 2.05) is 35.2 Å². The van der Waals surface area contributed by atoms with Gasteiger partial charge in [-0.05, 0) is 37.7 Å². The number of hydrogen-bond acceptors (Lipinski definition) is 3. The van der Waals surface area contributed by atoms with Crippen LogP contribution in [-0.2, 0) is 11.3 Å². The van der Waals surface area contributed by atoms with E-state index in [2.05, 4.69) is 31.1 Å². The van der Waals surface area contributed by atoms with E-state index >= 15 is 0 Å². The van der Waals surface area contributed by atoms with Gasteiger partial charge in [0.15, 0.2) is 0 Å². The number of carbonyl (C=O) groups is 1. The predicted molar refractivity (Wildman–Crippen MR) is 110 cm³/mol. The van der Waals surface area contributed by atoms with Crippen LogP contribution in [0.3, 0.4) is 0 Å². The number of rotatable bonds is 3. The monoisotopic (exact) mass is 385 g/mol. The molecule has 2 saturated heterocycles. The Morgan fingerprint density at radius 3 is 2.44 bits per heavy atom.